The van der Waals surface area contributed by atoms with Crippen LogP contribution < -0.4 is 14.2 Å². The van der Waals surface area contributed by atoms with E-state index in [2.05, 4.69) is 22.0 Å². The molecular weight excluding hydrogens is 354 g/mol. The van der Waals surface area contributed by atoms with Crippen LogP contribution in [0.4, 0.5) is 0 Å². The lowest BCUT2D eigenvalue weighted by Gasteiger charge is -2.27. The van der Waals surface area contributed by atoms with Crippen LogP contribution in [-0.4, -0.2) is 42.7 Å². The minimum Gasteiger partial charge on any atom is -0.493 e. The molecule has 2 heterocycles. The Morgan fingerprint density at radius 2 is 1.75 bits per heavy atom. The minimum absolute atomic E-state index is 0.633. The molecular formula is C22H25N3O3. The van der Waals surface area contributed by atoms with Gasteiger partial charge in [-0.15, -0.1) is 0 Å². The summed E-state index contributed by atoms with van der Waals surface area (Å²) < 4.78 is 16.5. The minimum atomic E-state index is 0.633. The molecule has 1 aliphatic heterocycles. The number of imidazole rings is 1. The molecule has 0 bridgehead atoms. The molecule has 3 aromatic rings. The quantitative estimate of drug-likeness (QED) is 0.708. The zero-order chi connectivity index (χ0) is 19.5. The summed E-state index contributed by atoms with van der Waals surface area (Å²) in [4.78, 5) is 10.7. The van der Waals surface area contributed by atoms with Crippen molar-refractivity contribution in [3.63, 3.8) is 0 Å². The van der Waals surface area contributed by atoms with Gasteiger partial charge in [-0.1, -0.05) is 36.4 Å². The van der Waals surface area contributed by atoms with Crippen LogP contribution in [0.25, 0.3) is 11.4 Å². The average Bonchev–Trinajstić information content (AvgIpc) is 3.17. The van der Waals surface area contributed by atoms with E-state index >= 15 is 0 Å². The molecule has 28 heavy (non-hydrogen) atoms. The van der Waals surface area contributed by atoms with Crippen LogP contribution in [0.1, 0.15) is 17.0 Å². The summed E-state index contributed by atoms with van der Waals surface area (Å²) in [6.07, 6.45) is 0.925. The van der Waals surface area contributed by atoms with Gasteiger partial charge in [0, 0.05) is 37.2 Å². The number of hydrogen-bond acceptors (Lipinski definition) is 5. The van der Waals surface area contributed by atoms with E-state index in [0.29, 0.717) is 11.5 Å². The first-order valence-corrected chi connectivity index (χ1v) is 9.37. The summed E-state index contributed by atoms with van der Waals surface area (Å²) in [5.41, 5.74) is 4.54. The van der Waals surface area contributed by atoms with Crippen LogP contribution in [0.2, 0.25) is 0 Å². The summed E-state index contributed by atoms with van der Waals surface area (Å²) in [5.74, 6) is 2.97. The maximum atomic E-state index is 5.63. The van der Waals surface area contributed by atoms with Crippen molar-refractivity contribution in [3.05, 3.63) is 59.4 Å². The predicted molar refractivity (Wildman–Crippen MR) is 108 cm³/mol. The molecule has 6 heteroatoms. The molecule has 4 rings (SSSR count). The summed E-state index contributed by atoms with van der Waals surface area (Å²) in [6.45, 7) is 2.54. The van der Waals surface area contributed by atoms with E-state index in [9.17, 15) is 0 Å². The van der Waals surface area contributed by atoms with Crippen LogP contribution in [-0.2, 0) is 19.5 Å². The fourth-order valence-electron chi connectivity index (χ4n) is 3.75. The van der Waals surface area contributed by atoms with Gasteiger partial charge in [0.25, 0.3) is 0 Å². The van der Waals surface area contributed by atoms with E-state index < -0.39 is 0 Å². The largest absolute Gasteiger partial charge is 0.493 e. The Labute approximate surface area is 165 Å². The molecule has 0 fully saturated rings. The number of H-pyrrole nitrogens is 1. The molecule has 0 atom stereocenters. The number of nitrogens with one attached hydrogen (secondary N) is 1. The van der Waals surface area contributed by atoms with Crippen molar-refractivity contribution in [3.8, 4) is 28.6 Å². The second-order valence-electron chi connectivity index (χ2n) is 6.83. The van der Waals surface area contributed by atoms with Gasteiger partial charge in [-0.25, -0.2) is 4.98 Å². The maximum Gasteiger partial charge on any atom is 0.203 e. The molecule has 1 aromatic heterocycles. The number of fused-ring (bicyclic) bond motifs is 1. The van der Waals surface area contributed by atoms with Gasteiger partial charge >= 0.3 is 0 Å². The second-order valence-corrected chi connectivity index (χ2v) is 6.83. The van der Waals surface area contributed by atoms with Gasteiger partial charge in [-0.2, -0.15) is 0 Å². The number of aromatic nitrogens is 2. The first kappa shape index (κ1) is 18.4. The molecule has 0 spiro atoms. The summed E-state index contributed by atoms with van der Waals surface area (Å²) in [7, 11) is 4.93. The van der Waals surface area contributed by atoms with E-state index in [1.165, 1.54) is 5.69 Å². The van der Waals surface area contributed by atoms with E-state index in [1.54, 1.807) is 21.3 Å². The SMILES string of the molecule is COc1ccc(CN2CCc3nc(-c4ccccc4)[nH]c3C2)c(OC)c1OC. The van der Waals surface area contributed by atoms with Gasteiger partial charge in [0.15, 0.2) is 11.5 Å². The van der Waals surface area contributed by atoms with Gasteiger partial charge < -0.3 is 19.2 Å². The Hall–Kier alpha value is -2.99. The summed E-state index contributed by atoms with van der Waals surface area (Å²) in [6, 6.07) is 14.2. The first-order chi connectivity index (χ1) is 13.7. The monoisotopic (exact) mass is 379 g/mol. The zero-order valence-electron chi connectivity index (χ0n) is 16.5. The first-order valence-electron chi connectivity index (χ1n) is 9.37. The molecule has 0 radical (unpaired) electrons. The fraction of sp³-hybridized carbons (Fsp3) is 0.318. The predicted octanol–water partition coefficient (Wildman–Crippen LogP) is 3.66. The van der Waals surface area contributed by atoms with Crippen LogP contribution >= 0.6 is 0 Å². The molecule has 0 saturated carbocycles. The third-order valence-electron chi connectivity index (χ3n) is 5.14. The van der Waals surface area contributed by atoms with Crippen molar-refractivity contribution in [1.82, 2.24) is 14.9 Å². The van der Waals surface area contributed by atoms with Crippen molar-refractivity contribution < 1.29 is 14.2 Å². The van der Waals surface area contributed by atoms with Gasteiger partial charge in [0.05, 0.1) is 32.7 Å². The standard InChI is InChI=1S/C22H25N3O3/c1-26-19-10-9-16(20(27-2)21(19)28-3)13-25-12-11-17-18(14-25)24-22(23-17)15-7-5-4-6-8-15/h4-10H,11-14H2,1-3H3,(H,23,24). The number of rotatable bonds is 6. The van der Waals surface area contributed by atoms with Crippen molar-refractivity contribution in [1.29, 1.82) is 0 Å². The molecule has 6 nitrogen and oxygen atoms in total. The zero-order valence-corrected chi connectivity index (χ0v) is 16.5. The highest BCUT2D eigenvalue weighted by atomic mass is 16.5. The van der Waals surface area contributed by atoms with Crippen LogP contribution in [0, 0.1) is 0 Å². The normalized spacial score (nSPS) is 13.8. The van der Waals surface area contributed by atoms with Crippen molar-refractivity contribution in [2.45, 2.75) is 19.5 Å². The fourth-order valence-corrected chi connectivity index (χ4v) is 3.75. The average molecular weight is 379 g/mol. The Morgan fingerprint density at radius 1 is 0.964 bits per heavy atom. The van der Waals surface area contributed by atoms with Gasteiger partial charge in [-0.05, 0) is 6.07 Å². The highest BCUT2D eigenvalue weighted by Crippen LogP contribution is 2.40. The lowest BCUT2D eigenvalue weighted by molar-refractivity contribution is 0.236. The lowest BCUT2D eigenvalue weighted by atomic mass is 10.1. The number of aromatic amines is 1. The van der Waals surface area contributed by atoms with Crippen molar-refractivity contribution in [2.24, 2.45) is 0 Å². The number of ether oxygens (including phenoxy) is 3. The number of nitrogens with zero attached hydrogens (tertiary/aromatic N) is 2. The molecule has 1 N–H and O–H groups in total. The van der Waals surface area contributed by atoms with Crippen LogP contribution in [0.3, 0.4) is 0 Å². The molecule has 0 saturated heterocycles. The van der Waals surface area contributed by atoms with E-state index in [1.807, 2.05) is 30.3 Å². The van der Waals surface area contributed by atoms with Gasteiger partial charge in [0.1, 0.15) is 5.82 Å². The van der Waals surface area contributed by atoms with Gasteiger partial charge in [-0.3, -0.25) is 4.90 Å². The third kappa shape index (κ3) is 3.43. The van der Waals surface area contributed by atoms with Gasteiger partial charge in [0.2, 0.25) is 5.75 Å². The van der Waals surface area contributed by atoms with E-state index in [4.69, 9.17) is 19.2 Å². The highest BCUT2D eigenvalue weighted by molar-refractivity contribution is 5.57. The molecule has 0 amide bonds. The lowest BCUT2D eigenvalue weighted by Crippen LogP contribution is -2.30. The topological polar surface area (TPSA) is 59.6 Å². The number of benzene rings is 2. The Balaban J connectivity index is 1.55. The maximum absolute atomic E-state index is 5.63. The Bertz CT molecular complexity index is 953. The Morgan fingerprint density at radius 3 is 2.46 bits per heavy atom. The molecule has 0 aliphatic carbocycles. The summed E-state index contributed by atoms with van der Waals surface area (Å²) >= 11 is 0. The van der Waals surface area contributed by atoms with Crippen molar-refractivity contribution >= 4 is 0 Å². The van der Waals surface area contributed by atoms with E-state index in [0.717, 1.165) is 54.4 Å². The molecule has 1 aliphatic rings. The molecule has 2 aromatic carbocycles. The third-order valence-corrected chi connectivity index (χ3v) is 5.14. The number of hydrogen-bond donors (Lipinski definition) is 1. The highest BCUT2D eigenvalue weighted by Gasteiger charge is 2.23. The number of methoxy groups -OCH3 is 3. The second kappa shape index (κ2) is 7.94. The van der Waals surface area contributed by atoms with E-state index in [-0.39, 0.29) is 0 Å². The Kier molecular flexibility index (Phi) is 5.21. The van der Waals surface area contributed by atoms with Crippen LogP contribution in [0.15, 0.2) is 42.5 Å². The van der Waals surface area contributed by atoms with Crippen LogP contribution in [0.5, 0.6) is 17.2 Å². The molecule has 0 unspecified atom stereocenters. The smallest absolute Gasteiger partial charge is 0.203 e. The molecule has 146 valence electrons. The van der Waals surface area contributed by atoms with Crippen molar-refractivity contribution in [2.75, 3.05) is 27.9 Å². The summed E-state index contributed by atoms with van der Waals surface area (Å²) in [5, 5.41) is 0.